The fourth-order valence-electron chi connectivity index (χ4n) is 2.67. The van der Waals surface area contributed by atoms with Gasteiger partial charge in [0, 0.05) is 18.3 Å². The lowest BCUT2D eigenvalue weighted by atomic mass is 10.2. The smallest absolute Gasteiger partial charge is 0.253 e. The third-order valence-electron chi connectivity index (χ3n) is 3.92. The summed E-state index contributed by atoms with van der Waals surface area (Å²) in [4.78, 5) is 16.3. The number of carbonyl (C=O) groups excluding carboxylic acids is 1. The van der Waals surface area contributed by atoms with Gasteiger partial charge in [0.05, 0.1) is 5.56 Å². The zero-order valence-corrected chi connectivity index (χ0v) is 12.5. The van der Waals surface area contributed by atoms with Crippen LogP contribution in [0, 0.1) is 0 Å². The van der Waals surface area contributed by atoms with Crippen LogP contribution in [0.2, 0.25) is 0 Å². The van der Waals surface area contributed by atoms with Crippen molar-refractivity contribution in [3.8, 4) is 5.88 Å². The predicted octanol–water partition coefficient (Wildman–Crippen LogP) is 3.33. The predicted molar refractivity (Wildman–Crippen MR) is 84.7 cm³/mol. The minimum Gasteiger partial charge on any atom is -0.473 e. The minimum atomic E-state index is -0.0472. The second kappa shape index (κ2) is 7.07. The molecular formula is C18H20N2O2. The van der Waals surface area contributed by atoms with Crippen molar-refractivity contribution >= 4 is 5.91 Å². The molecule has 1 fully saturated rings. The van der Waals surface area contributed by atoms with Crippen molar-refractivity contribution in [2.45, 2.75) is 38.3 Å². The summed E-state index contributed by atoms with van der Waals surface area (Å²) < 4.78 is 5.62. The fraction of sp³-hybridized carbons (Fsp3) is 0.333. The summed E-state index contributed by atoms with van der Waals surface area (Å²) in [6.45, 7) is 0.474. The van der Waals surface area contributed by atoms with Gasteiger partial charge in [-0.2, -0.15) is 0 Å². The molecule has 22 heavy (non-hydrogen) atoms. The molecule has 1 saturated carbocycles. The monoisotopic (exact) mass is 296 g/mol. The van der Waals surface area contributed by atoms with Crippen LogP contribution in [0.15, 0.2) is 48.7 Å². The normalized spacial score (nSPS) is 14.7. The molecule has 0 aliphatic heterocycles. The molecule has 1 aliphatic carbocycles. The molecule has 1 aromatic heterocycles. The summed E-state index contributed by atoms with van der Waals surface area (Å²) in [5.74, 6) is 0.482. The van der Waals surface area contributed by atoms with Gasteiger partial charge in [0.2, 0.25) is 5.88 Å². The van der Waals surface area contributed by atoms with Crippen molar-refractivity contribution < 1.29 is 9.53 Å². The highest BCUT2D eigenvalue weighted by Crippen LogP contribution is 2.18. The molecule has 114 valence electrons. The first-order valence-corrected chi connectivity index (χ1v) is 7.75. The number of rotatable bonds is 5. The molecule has 1 aliphatic rings. The second-order valence-corrected chi connectivity index (χ2v) is 5.61. The Bertz CT molecular complexity index is 605. The van der Waals surface area contributed by atoms with Crippen molar-refractivity contribution in [3.63, 3.8) is 0 Å². The number of aromatic nitrogens is 1. The zero-order chi connectivity index (χ0) is 15.2. The SMILES string of the molecule is O=C(NC1CCCC1)c1ccc(OCc2ccccc2)nc1. The van der Waals surface area contributed by atoms with Crippen molar-refractivity contribution in [2.75, 3.05) is 0 Å². The Morgan fingerprint density at radius 1 is 1.14 bits per heavy atom. The molecule has 0 atom stereocenters. The molecule has 1 amide bonds. The number of amides is 1. The van der Waals surface area contributed by atoms with Crippen molar-refractivity contribution in [1.29, 1.82) is 0 Å². The third-order valence-corrected chi connectivity index (χ3v) is 3.92. The first kappa shape index (κ1) is 14.6. The average Bonchev–Trinajstić information content (AvgIpc) is 3.07. The molecule has 0 spiro atoms. The Morgan fingerprint density at radius 2 is 1.91 bits per heavy atom. The molecular weight excluding hydrogens is 276 g/mol. The van der Waals surface area contributed by atoms with Gasteiger partial charge in [0.1, 0.15) is 6.61 Å². The highest BCUT2D eigenvalue weighted by molar-refractivity contribution is 5.94. The van der Waals surface area contributed by atoms with E-state index in [1.54, 1.807) is 18.3 Å². The van der Waals surface area contributed by atoms with Gasteiger partial charge in [-0.1, -0.05) is 43.2 Å². The highest BCUT2D eigenvalue weighted by atomic mass is 16.5. The standard InChI is InChI=1S/C18H20N2O2/c21-18(20-16-8-4-5-9-16)15-10-11-17(19-12-15)22-13-14-6-2-1-3-7-14/h1-3,6-7,10-12,16H,4-5,8-9,13H2,(H,20,21). The maximum absolute atomic E-state index is 12.1. The van der Waals surface area contributed by atoms with Crippen LogP contribution in [-0.4, -0.2) is 16.9 Å². The number of carbonyl (C=O) groups is 1. The van der Waals surface area contributed by atoms with Crippen molar-refractivity contribution in [3.05, 3.63) is 59.8 Å². The Kier molecular flexibility index (Phi) is 4.68. The summed E-state index contributed by atoms with van der Waals surface area (Å²) in [6.07, 6.45) is 6.14. The van der Waals surface area contributed by atoms with Crippen molar-refractivity contribution in [1.82, 2.24) is 10.3 Å². The lowest BCUT2D eigenvalue weighted by molar-refractivity contribution is 0.0937. The third kappa shape index (κ3) is 3.85. The van der Waals surface area contributed by atoms with Gasteiger partial charge in [-0.25, -0.2) is 4.98 Å². The van der Waals surface area contributed by atoms with E-state index in [1.807, 2.05) is 30.3 Å². The molecule has 4 heteroatoms. The number of nitrogens with zero attached hydrogens (tertiary/aromatic N) is 1. The number of ether oxygens (including phenoxy) is 1. The van der Waals surface area contributed by atoms with E-state index in [2.05, 4.69) is 10.3 Å². The van der Waals surface area contributed by atoms with Crippen LogP contribution in [0.4, 0.5) is 0 Å². The van der Waals surface area contributed by atoms with Gasteiger partial charge in [0.15, 0.2) is 0 Å². The molecule has 2 aromatic rings. The lowest BCUT2D eigenvalue weighted by Gasteiger charge is -2.12. The van der Waals surface area contributed by atoms with Gasteiger partial charge in [-0.05, 0) is 24.5 Å². The first-order chi connectivity index (χ1) is 10.8. The number of nitrogens with one attached hydrogen (secondary N) is 1. The molecule has 0 saturated heterocycles. The van der Waals surface area contributed by atoms with E-state index in [4.69, 9.17) is 4.74 Å². The van der Waals surface area contributed by atoms with Crippen molar-refractivity contribution in [2.24, 2.45) is 0 Å². The van der Waals surface area contributed by atoms with Crippen LogP contribution in [0.3, 0.4) is 0 Å². The van der Waals surface area contributed by atoms with Gasteiger partial charge in [-0.3, -0.25) is 4.79 Å². The van der Waals surface area contributed by atoms with E-state index in [0.29, 0.717) is 24.1 Å². The first-order valence-electron chi connectivity index (χ1n) is 7.75. The molecule has 0 radical (unpaired) electrons. The van der Waals surface area contributed by atoms with E-state index in [-0.39, 0.29) is 5.91 Å². The average molecular weight is 296 g/mol. The van der Waals surface area contributed by atoms with Crippen LogP contribution in [0.25, 0.3) is 0 Å². The summed E-state index contributed by atoms with van der Waals surface area (Å²) in [5.41, 5.74) is 1.67. The number of pyridine rings is 1. The van der Waals surface area contributed by atoms with Crippen LogP contribution >= 0.6 is 0 Å². The summed E-state index contributed by atoms with van der Waals surface area (Å²) >= 11 is 0. The Morgan fingerprint density at radius 3 is 2.59 bits per heavy atom. The second-order valence-electron chi connectivity index (χ2n) is 5.61. The summed E-state index contributed by atoms with van der Waals surface area (Å²) in [7, 11) is 0. The van der Waals surface area contributed by atoms with Gasteiger partial charge in [-0.15, -0.1) is 0 Å². The molecule has 4 nitrogen and oxygen atoms in total. The summed E-state index contributed by atoms with van der Waals surface area (Å²) in [5, 5.41) is 3.05. The van der Waals surface area contributed by atoms with Crippen LogP contribution < -0.4 is 10.1 Å². The van der Waals surface area contributed by atoms with Crippen LogP contribution in [-0.2, 0) is 6.61 Å². The van der Waals surface area contributed by atoms with Gasteiger partial charge >= 0.3 is 0 Å². The minimum absolute atomic E-state index is 0.0472. The zero-order valence-electron chi connectivity index (χ0n) is 12.5. The molecule has 0 unspecified atom stereocenters. The van der Waals surface area contributed by atoms with E-state index in [9.17, 15) is 4.79 Å². The number of benzene rings is 1. The highest BCUT2D eigenvalue weighted by Gasteiger charge is 2.18. The maximum Gasteiger partial charge on any atom is 0.253 e. The largest absolute Gasteiger partial charge is 0.473 e. The van der Waals surface area contributed by atoms with Crippen LogP contribution in [0.5, 0.6) is 5.88 Å². The van der Waals surface area contributed by atoms with E-state index < -0.39 is 0 Å². The summed E-state index contributed by atoms with van der Waals surface area (Å²) in [6, 6.07) is 13.8. The number of hydrogen-bond donors (Lipinski definition) is 1. The fourth-order valence-corrected chi connectivity index (χ4v) is 2.67. The van der Waals surface area contributed by atoms with Crippen LogP contribution in [0.1, 0.15) is 41.6 Å². The van der Waals surface area contributed by atoms with E-state index >= 15 is 0 Å². The molecule has 1 N–H and O–H groups in total. The Balaban J connectivity index is 1.54. The maximum atomic E-state index is 12.1. The Hall–Kier alpha value is -2.36. The Labute approximate surface area is 130 Å². The molecule has 1 aromatic carbocycles. The van der Waals surface area contributed by atoms with Gasteiger partial charge < -0.3 is 10.1 Å². The quantitative estimate of drug-likeness (QED) is 0.920. The molecule has 1 heterocycles. The number of hydrogen-bond acceptors (Lipinski definition) is 3. The molecule has 0 bridgehead atoms. The topological polar surface area (TPSA) is 51.2 Å². The molecule has 3 rings (SSSR count). The lowest BCUT2D eigenvalue weighted by Crippen LogP contribution is -2.32. The van der Waals surface area contributed by atoms with E-state index in [1.165, 1.54) is 12.8 Å². The van der Waals surface area contributed by atoms with Gasteiger partial charge in [0.25, 0.3) is 5.91 Å². The van der Waals surface area contributed by atoms with E-state index in [0.717, 1.165) is 18.4 Å².